The first-order valence-electron chi connectivity index (χ1n) is 8.99. The molecule has 0 aliphatic carbocycles. The van der Waals surface area contributed by atoms with Gasteiger partial charge in [-0.1, -0.05) is 18.2 Å². The number of ether oxygens (including phenoxy) is 2. The smallest absolute Gasteiger partial charge is 0.243 e. The van der Waals surface area contributed by atoms with Gasteiger partial charge in [-0.3, -0.25) is 4.79 Å². The molecule has 4 rings (SSSR count). The van der Waals surface area contributed by atoms with Crippen molar-refractivity contribution in [2.45, 2.75) is 30.7 Å². The van der Waals surface area contributed by atoms with Gasteiger partial charge in [0, 0.05) is 12.1 Å². The van der Waals surface area contributed by atoms with E-state index >= 15 is 0 Å². The van der Waals surface area contributed by atoms with Gasteiger partial charge in [0.05, 0.1) is 10.9 Å². The number of rotatable bonds is 4. The lowest BCUT2D eigenvalue weighted by Crippen LogP contribution is -2.30. The zero-order valence-corrected chi connectivity index (χ0v) is 15.9. The third kappa shape index (κ3) is 3.33. The molecule has 6 nitrogen and oxygen atoms in total. The minimum atomic E-state index is -3.65. The fourth-order valence-corrected chi connectivity index (χ4v) is 5.31. The van der Waals surface area contributed by atoms with Gasteiger partial charge < -0.3 is 9.47 Å². The monoisotopic (exact) mass is 387 g/mol. The maximum Gasteiger partial charge on any atom is 0.243 e. The summed E-state index contributed by atoms with van der Waals surface area (Å²) in [5.41, 5.74) is 1.40. The first-order chi connectivity index (χ1) is 13.0. The number of fused-ring (bicyclic) bond motifs is 1. The Balaban J connectivity index is 1.65. The normalized spacial score (nSPS) is 19.8. The number of carbonyl (C=O) groups excluding carboxylic acids is 1. The fourth-order valence-electron chi connectivity index (χ4n) is 3.63. The molecule has 2 aliphatic rings. The minimum absolute atomic E-state index is 0.0886. The maximum atomic E-state index is 13.2. The molecule has 2 aromatic rings. The van der Waals surface area contributed by atoms with Crippen LogP contribution in [0, 0.1) is 0 Å². The molecular weight excluding hydrogens is 366 g/mol. The van der Waals surface area contributed by atoms with E-state index in [1.807, 2.05) is 18.2 Å². The maximum absolute atomic E-state index is 13.2. The van der Waals surface area contributed by atoms with Crippen molar-refractivity contribution in [2.75, 3.05) is 19.8 Å². The van der Waals surface area contributed by atoms with Crippen molar-refractivity contribution in [1.82, 2.24) is 4.31 Å². The summed E-state index contributed by atoms with van der Waals surface area (Å²) in [6.07, 6.45) is 1.55. The molecule has 1 fully saturated rings. The molecule has 2 heterocycles. The van der Waals surface area contributed by atoms with Gasteiger partial charge in [0.2, 0.25) is 10.0 Å². The van der Waals surface area contributed by atoms with Crippen molar-refractivity contribution in [1.29, 1.82) is 0 Å². The van der Waals surface area contributed by atoms with Crippen LogP contribution in [0.25, 0.3) is 0 Å². The molecule has 0 unspecified atom stereocenters. The van der Waals surface area contributed by atoms with Gasteiger partial charge in [0.1, 0.15) is 13.2 Å². The van der Waals surface area contributed by atoms with Crippen LogP contribution in [0.5, 0.6) is 11.5 Å². The SMILES string of the molecule is CC(=O)c1ccc(S(=O)(=O)N2CCC[C@H]2c2ccc3c(c2)OCCO3)cc1. The molecule has 0 radical (unpaired) electrons. The zero-order chi connectivity index (χ0) is 19.0. The summed E-state index contributed by atoms with van der Waals surface area (Å²) >= 11 is 0. The lowest BCUT2D eigenvalue weighted by molar-refractivity contribution is 0.101. The largest absolute Gasteiger partial charge is 0.486 e. The van der Waals surface area contributed by atoms with E-state index in [1.54, 1.807) is 16.4 Å². The van der Waals surface area contributed by atoms with Gasteiger partial charge in [-0.15, -0.1) is 0 Å². The number of sulfonamides is 1. The Labute approximate surface area is 158 Å². The average Bonchev–Trinajstić information content (AvgIpc) is 3.18. The van der Waals surface area contributed by atoms with Crippen LogP contribution >= 0.6 is 0 Å². The summed E-state index contributed by atoms with van der Waals surface area (Å²) in [5.74, 6) is 1.26. The molecule has 0 aromatic heterocycles. The van der Waals surface area contributed by atoms with E-state index in [4.69, 9.17) is 9.47 Å². The van der Waals surface area contributed by atoms with Crippen molar-refractivity contribution in [3.05, 3.63) is 53.6 Å². The highest BCUT2D eigenvalue weighted by molar-refractivity contribution is 7.89. The Bertz CT molecular complexity index is 968. The Hall–Kier alpha value is -2.38. The van der Waals surface area contributed by atoms with Crippen molar-refractivity contribution in [2.24, 2.45) is 0 Å². The second-order valence-corrected chi connectivity index (χ2v) is 8.65. The van der Waals surface area contributed by atoms with Crippen LogP contribution in [-0.2, 0) is 10.0 Å². The van der Waals surface area contributed by atoms with E-state index in [9.17, 15) is 13.2 Å². The molecule has 0 bridgehead atoms. The molecule has 27 heavy (non-hydrogen) atoms. The topological polar surface area (TPSA) is 72.9 Å². The number of hydrogen-bond donors (Lipinski definition) is 0. The fraction of sp³-hybridized carbons (Fsp3) is 0.350. The van der Waals surface area contributed by atoms with Crippen molar-refractivity contribution >= 4 is 15.8 Å². The molecule has 142 valence electrons. The van der Waals surface area contributed by atoms with Crippen molar-refractivity contribution in [3.63, 3.8) is 0 Å². The average molecular weight is 387 g/mol. The summed E-state index contributed by atoms with van der Waals surface area (Å²) in [6, 6.07) is 11.5. The van der Waals surface area contributed by atoms with E-state index < -0.39 is 10.0 Å². The molecule has 1 saturated heterocycles. The van der Waals surface area contributed by atoms with Crippen LogP contribution in [0.2, 0.25) is 0 Å². The van der Waals surface area contributed by atoms with E-state index in [1.165, 1.54) is 19.1 Å². The third-order valence-electron chi connectivity index (χ3n) is 5.02. The van der Waals surface area contributed by atoms with Crippen LogP contribution in [0.1, 0.15) is 41.7 Å². The van der Waals surface area contributed by atoms with Crippen LogP contribution in [0.3, 0.4) is 0 Å². The summed E-state index contributed by atoms with van der Waals surface area (Å²) in [7, 11) is -3.65. The van der Waals surface area contributed by atoms with Gasteiger partial charge >= 0.3 is 0 Å². The van der Waals surface area contributed by atoms with E-state index in [2.05, 4.69) is 0 Å². The van der Waals surface area contributed by atoms with Crippen molar-refractivity contribution < 1.29 is 22.7 Å². The van der Waals surface area contributed by atoms with Crippen LogP contribution in [0.15, 0.2) is 47.4 Å². The Kier molecular flexibility index (Phi) is 4.65. The highest BCUT2D eigenvalue weighted by atomic mass is 32.2. The third-order valence-corrected chi connectivity index (χ3v) is 6.94. The van der Waals surface area contributed by atoms with E-state index in [-0.39, 0.29) is 16.7 Å². The molecule has 2 aromatic carbocycles. The quantitative estimate of drug-likeness (QED) is 0.754. The molecule has 2 aliphatic heterocycles. The Morgan fingerprint density at radius 2 is 1.74 bits per heavy atom. The second-order valence-electron chi connectivity index (χ2n) is 6.76. The number of nitrogens with zero attached hydrogens (tertiary/aromatic N) is 1. The van der Waals surface area contributed by atoms with Gasteiger partial charge in [-0.2, -0.15) is 4.31 Å². The van der Waals surface area contributed by atoms with E-state index in [0.717, 1.165) is 18.4 Å². The molecule has 7 heteroatoms. The molecular formula is C20H21NO5S. The van der Waals surface area contributed by atoms with E-state index in [0.29, 0.717) is 36.8 Å². The molecule has 0 amide bonds. The summed E-state index contributed by atoms with van der Waals surface area (Å²) in [4.78, 5) is 11.6. The summed E-state index contributed by atoms with van der Waals surface area (Å²) in [5, 5.41) is 0. The summed E-state index contributed by atoms with van der Waals surface area (Å²) in [6.45, 7) is 2.94. The molecule has 0 saturated carbocycles. The highest BCUT2D eigenvalue weighted by Gasteiger charge is 2.36. The second kappa shape index (κ2) is 6.98. The predicted molar refractivity (Wildman–Crippen MR) is 99.7 cm³/mol. The molecule has 1 atom stereocenters. The van der Waals surface area contributed by atoms with Crippen LogP contribution in [0.4, 0.5) is 0 Å². The van der Waals surface area contributed by atoms with Gasteiger partial charge in [-0.25, -0.2) is 8.42 Å². The number of hydrogen-bond acceptors (Lipinski definition) is 5. The molecule has 0 N–H and O–H groups in total. The first kappa shape index (κ1) is 18.0. The number of carbonyl (C=O) groups is 1. The lowest BCUT2D eigenvalue weighted by atomic mass is 10.0. The van der Waals surface area contributed by atoms with Gasteiger partial charge in [0.25, 0.3) is 0 Å². The standard InChI is InChI=1S/C20H21NO5S/c1-14(22)15-4-7-17(8-5-15)27(23,24)21-10-2-3-18(21)16-6-9-19-20(13-16)26-12-11-25-19/h4-9,13,18H,2-3,10-12H2,1H3/t18-/m0/s1. The zero-order valence-electron chi connectivity index (χ0n) is 15.1. The van der Waals surface area contributed by atoms with Gasteiger partial charge in [-0.05, 0) is 49.6 Å². The Morgan fingerprint density at radius 1 is 1.04 bits per heavy atom. The van der Waals surface area contributed by atoms with Crippen LogP contribution in [-0.4, -0.2) is 38.3 Å². The number of benzene rings is 2. The number of Topliss-reactive ketones (excluding diaryl/α,β-unsaturated/α-hetero) is 1. The highest BCUT2D eigenvalue weighted by Crippen LogP contribution is 2.40. The predicted octanol–water partition coefficient (Wildman–Crippen LogP) is 3.19. The minimum Gasteiger partial charge on any atom is -0.486 e. The number of ketones is 1. The van der Waals surface area contributed by atoms with Crippen LogP contribution < -0.4 is 9.47 Å². The summed E-state index contributed by atoms with van der Waals surface area (Å²) < 4.78 is 39.1. The van der Waals surface area contributed by atoms with Crippen molar-refractivity contribution in [3.8, 4) is 11.5 Å². The van der Waals surface area contributed by atoms with Gasteiger partial charge in [0.15, 0.2) is 17.3 Å². The Morgan fingerprint density at radius 3 is 2.44 bits per heavy atom. The first-order valence-corrected chi connectivity index (χ1v) is 10.4. The lowest BCUT2D eigenvalue weighted by Gasteiger charge is -2.26. The molecule has 0 spiro atoms.